The van der Waals surface area contributed by atoms with E-state index >= 15 is 9.13 Å². The van der Waals surface area contributed by atoms with Crippen molar-refractivity contribution in [3.05, 3.63) is 160 Å². The largest absolute Gasteiger partial charge is 0.466 e. The number of unbranched alkanes of at least 4 members (excludes halogenated alkanes) is 1. The van der Waals surface area contributed by atoms with Crippen LogP contribution in [0.15, 0.2) is 132 Å². The normalized spacial score (nSPS) is 13.3. The van der Waals surface area contributed by atoms with Crippen molar-refractivity contribution in [2.24, 2.45) is 0 Å². The van der Waals surface area contributed by atoms with Gasteiger partial charge in [-0.3, -0.25) is 48.3 Å². The van der Waals surface area contributed by atoms with E-state index in [1.165, 1.54) is 6.33 Å². The number of imidazole rings is 1. The Morgan fingerprint density at radius 3 is 1.44 bits per heavy atom. The van der Waals surface area contributed by atoms with Crippen molar-refractivity contribution in [2.75, 3.05) is 64.1 Å². The number of aromatic amines is 1. The van der Waals surface area contributed by atoms with Gasteiger partial charge in [0.05, 0.1) is 45.6 Å². The zero-order valence-corrected chi connectivity index (χ0v) is 49.2. The topological polar surface area (TPSA) is 280 Å². The number of nitrogens with zero attached hydrogens (tertiary/aromatic N) is 4. The average Bonchev–Trinajstić information content (AvgIpc) is 3.99. The molecular formula is C59H80N10O11P2. The van der Waals surface area contributed by atoms with Crippen molar-refractivity contribution in [1.82, 2.24) is 44.8 Å². The number of nitrogen functional groups attached to an aromatic ring is 1. The molecule has 0 aliphatic carbocycles. The third-order valence-electron chi connectivity index (χ3n) is 13.4. The fourth-order valence-electron chi connectivity index (χ4n) is 9.61. The fraction of sp³-hybridized carbons (Fsp3) is 0.441. The van der Waals surface area contributed by atoms with Gasteiger partial charge in [-0.05, 0) is 95.0 Å². The van der Waals surface area contributed by atoms with Gasteiger partial charge in [-0.2, -0.15) is 4.98 Å². The van der Waals surface area contributed by atoms with Crippen LogP contribution in [0.25, 0.3) is 11.2 Å². The highest BCUT2D eigenvalue weighted by Crippen LogP contribution is 2.41. The first-order valence-electron chi connectivity index (χ1n) is 28.1. The van der Waals surface area contributed by atoms with Gasteiger partial charge >= 0.3 is 23.9 Å². The number of fused-ring (bicyclic) bond motifs is 1. The second kappa shape index (κ2) is 33.3. The molecule has 2 heterocycles. The van der Waals surface area contributed by atoms with Crippen molar-refractivity contribution >= 4 is 55.9 Å². The molecule has 4 aromatic carbocycles. The molecule has 6 aromatic rings. The smallest absolute Gasteiger partial charge is 0.323 e. The second-order valence-corrected chi connectivity index (χ2v) is 24.7. The zero-order chi connectivity index (χ0) is 58.7. The van der Waals surface area contributed by atoms with Gasteiger partial charge in [0.2, 0.25) is 20.8 Å². The number of carbonyl (C=O) groups excluding carboxylic acids is 4. The van der Waals surface area contributed by atoms with Crippen molar-refractivity contribution in [2.45, 2.75) is 110 Å². The van der Waals surface area contributed by atoms with E-state index in [9.17, 15) is 24.0 Å². The molecule has 0 saturated carbocycles. The number of nitrogens with one attached hydrogen (secondary N) is 5. The summed E-state index contributed by atoms with van der Waals surface area (Å²) in [4.78, 5) is 80.1. The van der Waals surface area contributed by atoms with Gasteiger partial charge in [0.1, 0.15) is 12.1 Å². The van der Waals surface area contributed by atoms with Gasteiger partial charge in [-0.1, -0.05) is 121 Å². The third-order valence-corrected chi connectivity index (χ3v) is 18.2. The molecule has 0 saturated heterocycles. The summed E-state index contributed by atoms with van der Waals surface area (Å²) in [5.74, 6) is -2.23. The molecule has 0 spiro atoms. The Labute approximate surface area is 480 Å². The Hall–Kier alpha value is -6.83. The van der Waals surface area contributed by atoms with Gasteiger partial charge in [0.15, 0.2) is 11.2 Å². The lowest BCUT2D eigenvalue weighted by Crippen LogP contribution is -2.46. The van der Waals surface area contributed by atoms with E-state index in [-0.39, 0.29) is 94.6 Å². The maximum Gasteiger partial charge on any atom is 0.323 e. The van der Waals surface area contributed by atoms with Crippen LogP contribution >= 0.6 is 14.9 Å². The quantitative estimate of drug-likeness (QED) is 0.00990. The van der Waals surface area contributed by atoms with Crippen LogP contribution in [0.4, 0.5) is 5.95 Å². The maximum atomic E-state index is 16.1. The summed E-state index contributed by atoms with van der Waals surface area (Å²) in [6.07, 6.45) is 2.95. The lowest BCUT2D eigenvalue weighted by Gasteiger charge is -2.32. The van der Waals surface area contributed by atoms with Crippen LogP contribution in [0.3, 0.4) is 0 Å². The van der Waals surface area contributed by atoms with Crippen LogP contribution in [0.5, 0.6) is 0 Å². The molecule has 0 aliphatic rings. The van der Waals surface area contributed by atoms with Crippen LogP contribution < -0.4 is 31.6 Å². The number of rotatable bonds is 37. The van der Waals surface area contributed by atoms with E-state index in [4.69, 9.17) is 24.7 Å². The minimum atomic E-state index is -3.90. The van der Waals surface area contributed by atoms with Gasteiger partial charge in [0.25, 0.3) is 5.56 Å². The molecule has 7 N–H and O–H groups in total. The van der Waals surface area contributed by atoms with Gasteiger partial charge in [-0.25, -0.2) is 15.2 Å². The standard InChI is InChI=1S/C59H80N10O11P2/c1-5-77-52(70)41-48(37-44-23-13-9-14-24-44)64-82(76,65-49(42-53(71)78-6-2)38-45-25-15-10-16-26-45)36-34-68(32-33-69-43-61-54-55(69)62-59(60)63-56(54)72)31-21-22-35-81(75,66-50(57(73)79-7-3)39-46-27-17-11-18-28-46)67-51(58(74)80-8-4)40-47-29-19-12-20-30-47/h9-20,23-30,43,48-51H,5-8,21-22,31-42H2,1-4H3,(H2,64,65,76)(H2,66,67,75)(H3,60,62,63,72)/t48-,49-,50-,51-/m0/s1. The van der Waals surface area contributed by atoms with E-state index in [1.807, 2.05) is 121 Å². The number of aromatic nitrogens is 4. The number of ether oxygens (including phenoxy) is 4. The molecule has 0 radical (unpaired) electrons. The number of hydrogen-bond acceptors (Lipinski definition) is 15. The van der Waals surface area contributed by atoms with Gasteiger partial charge in [0, 0.05) is 44.0 Å². The number of anilines is 1. The lowest BCUT2D eigenvalue weighted by atomic mass is 10.0. The molecule has 2 aromatic heterocycles. The highest BCUT2D eigenvalue weighted by molar-refractivity contribution is 7.60. The first-order chi connectivity index (χ1) is 39.6. The molecule has 4 atom stereocenters. The Morgan fingerprint density at radius 1 is 0.573 bits per heavy atom. The van der Waals surface area contributed by atoms with Crippen LogP contribution in [-0.2, 0) is 79.5 Å². The predicted molar refractivity (Wildman–Crippen MR) is 317 cm³/mol. The highest BCUT2D eigenvalue weighted by atomic mass is 31.2. The van der Waals surface area contributed by atoms with E-state index in [0.717, 1.165) is 22.3 Å². The van der Waals surface area contributed by atoms with Crippen LogP contribution in [0.1, 0.15) is 75.6 Å². The molecule has 21 nitrogen and oxygen atoms in total. The molecule has 23 heteroatoms. The van der Waals surface area contributed by atoms with Crippen molar-refractivity contribution in [3.8, 4) is 0 Å². The molecule has 0 fully saturated rings. The summed E-state index contributed by atoms with van der Waals surface area (Å²) in [7, 11) is -7.74. The lowest BCUT2D eigenvalue weighted by molar-refractivity contribution is -0.145. The summed E-state index contributed by atoms with van der Waals surface area (Å²) < 4.78 is 55.3. The van der Waals surface area contributed by atoms with E-state index < -0.39 is 68.5 Å². The van der Waals surface area contributed by atoms with Crippen LogP contribution in [-0.4, -0.2) is 131 Å². The molecule has 442 valence electrons. The molecule has 6 rings (SSSR count). The number of hydrogen-bond donors (Lipinski definition) is 6. The Balaban J connectivity index is 1.34. The van der Waals surface area contributed by atoms with E-state index in [1.54, 1.807) is 32.3 Å². The number of esters is 4. The summed E-state index contributed by atoms with van der Waals surface area (Å²) in [6.45, 7) is 8.45. The summed E-state index contributed by atoms with van der Waals surface area (Å²) >= 11 is 0. The molecular weight excluding hydrogens is 1090 g/mol. The number of nitrogens with two attached hydrogens (primary N) is 1. The summed E-state index contributed by atoms with van der Waals surface area (Å²) in [6, 6.07) is 34.2. The first kappa shape index (κ1) is 64.3. The van der Waals surface area contributed by atoms with Crippen LogP contribution in [0, 0.1) is 0 Å². The number of carbonyl (C=O) groups is 4. The predicted octanol–water partition coefficient (Wildman–Crippen LogP) is 7.01. The van der Waals surface area contributed by atoms with Crippen molar-refractivity contribution < 1.29 is 47.3 Å². The van der Waals surface area contributed by atoms with Crippen molar-refractivity contribution in [3.63, 3.8) is 0 Å². The van der Waals surface area contributed by atoms with Crippen molar-refractivity contribution in [1.29, 1.82) is 0 Å². The monoisotopic (exact) mass is 1170 g/mol. The molecule has 0 aliphatic heterocycles. The van der Waals surface area contributed by atoms with Gasteiger partial charge in [-0.15, -0.1) is 0 Å². The van der Waals surface area contributed by atoms with Crippen LogP contribution in [0.2, 0.25) is 0 Å². The number of benzene rings is 4. The molecule has 82 heavy (non-hydrogen) atoms. The molecule has 0 amide bonds. The Kier molecular flexibility index (Phi) is 26.1. The van der Waals surface area contributed by atoms with E-state index in [2.05, 4.69) is 40.2 Å². The SMILES string of the molecule is CCOC(=O)C[C@H](Cc1ccccc1)NP(=O)(CCN(CCCCP(=O)(N[C@@H](Cc1ccccc1)C(=O)OCC)N[C@@H](Cc1ccccc1)C(=O)OCC)CCn1cnc2c(=O)[nH]c(N)nc21)N[C@H](CC(=O)OCC)Cc1ccccc1. The number of H-pyrrole nitrogens is 1. The zero-order valence-electron chi connectivity index (χ0n) is 47.4. The minimum Gasteiger partial charge on any atom is -0.466 e. The maximum absolute atomic E-state index is 16.1. The second-order valence-electron chi connectivity index (χ2n) is 19.8. The third kappa shape index (κ3) is 21.5. The summed E-state index contributed by atoms with van der Waals surface area (Å²) in [5.41, 5.74) is 9.27. The molecule has 0 bridgehead atoms. The van der Waals surface area contributed by atoms with Gasteiger partial charge < -0.3 is 34.1 Å². The average molecular weight is 1170 g/mol. The Morgan fingerprint density at radius 2 is 1.00 bits per heavy atom. The molecule has 0 unspecified atom stereocenters. The first-order valence-corrected chi connectivity index (χ1v) is 31.9. The summed E-state index contributed by atoms with van der Waals surface area (Å²) in [5, 5.41) is 13.1. The van der Waals surface area contributed by atoms with E-state index in [0.29, 0.717) is 38.8 Å². The Bertz CT molecular complexity index is 2940. The minimum absolute atomic E-state index is 0.00616. The fourth-order valence-corrected chi connectivity index (χ4v) is 14.5. The highest BCUT2D eigenvalue weighted by Gasteiger charge is 2.36.